The molecule has 0 bridgehead atoms. The Hall–Kier alpha value is -0.0900. The molecule has 0 N–H and O–H groups in total. The van der Waals surface area contributed by atoms with Gasteiger partial charge in [-0.25, -0.2) is 8.42 Å². The van der Waals surface area contributed by atoms with E-state index in [0.717, 1.165) is 12.8 Å². The second kappa shape index (κ2) is 2.66. The molecule has 1 aliphatic carbocycles. The summed E-state index contributed by atoms with van der Waals surface area (Å²) in [6.07, 6.45) is 2.80. The molecule has 9 heavy (non-hydrogen) atoms. The van der Waals surface area contributed by atoms with Crippen LogP contribution in [0.3, 0.4) is 0 Å². The summed E-state index contributed by atoms with van der Waals surface area (Å²) < 4.78 is 24.3. The van der Waals surface area contributed by atoms with Gasteiger partial charge in [0, 0.05) is 0 Å². The predicted octanol–water partition coefficient (Wildman–Crippen LogP) is 0.491. The molecule has 0 aromatic rings. The van der Waals surface area contributed by atoms with E-state index in [-0.39, 0.29) is 0 Å². The van der Waals surface area contributed by atoms with Crippen LogP contribution in [-0.2, 0) is 15.2 Å². The highest BCUT2D eigenvalue weighted by atomic mass is 32.2. The van der Waals surface area contributed by atoms with Crippen molar-refractivity contribution in [2.45, 2.75) is 19.8 Å². The summed E-state index contributed by atoms with van der Waals surface area (Å²) in [7, 11) is -2.67. The summed E-state index contributed by atoms with van der Waals surface area (Å²) in [5.74, 6) is 0.415. The average molecular weight is 149 g/mol. The molecule has 1 rings (SSSR count). The summed E-state index contributed by atoms with van der Waals surface area (Å²) in [5.41, 5.74) is 0. The minimum absolute atomic E-state index is 0.415. The molecule has 1 aliphatic rings. The third-order valence-electron chi connectivity index (χ3n) is 1.37. The van der Waals surface area contributed by atoms with E-state index in [9.17, 15) is 8.42 Å². The van der Waals surface area contributed by atoms with Gasteiger partial charge in [-0.2, -0.15) is 0 Å². The van der Waals surface area contributed by atoms with Crippen molar-refractivity contribution in [1.82, 2.24) is 0 Å². The molecule has 0 aromatic carbocycles. The lowest BCUT2D eigenvalue weighted by molar-refractivity contribution is 0.322. The summed E-state index contributed by atoms with van der Waals surface area (Å²) in [6.45, 7) is 1.71. The Morgan fingerprint density at radius 2 is 2.11 bits per heavy atom. The van der Waals surface area contributed by atoms with Crippen molar-refractivity contribution in [2.75, 3.05) is 0 Å². The quantitative estimate of drug-likeness (QED) is 0.594. The van der Waals surface area contributed by atoms with Crippen molar-refractivity contribution in [3.8, 4) is 0 Å². The van der Waals surface area contributed by atoms with Gasteiger partial charge in [0.05, 0.1) is 0 Å². The summed E-state index contributed by atoms with van der Waals surface area (Å²) in [5, 5.41) is 0. The summed E-state index contributed by atoms with van der Waals surface area (Å²) in [4.78, 5) is 0. The first-order valence-electron chi connectivity index (χ1n) is 2.86. The van der Waals surface area contributed by atoms with Crippen molar-refractivity contribution in [3.63, 3.8) is 0 Å². The van der Waals surface area contributed by atoms with Crippen LogP contribution in [0.15, 0.2) is 0 Å². The van der Waals surface area contributed by atoms with Crippen molar-refractivity contribution in [3.05, 3.63) is 6.10 Å². The van der Waals surface area contributed by atoms with Crippen LogP contribution in [0.2, 0.25) is 0 Å². The maximum absolute atomic E-state index is 9.94. The van der Waals surface area contributed by atoms with Gasteiger partial charge < -0.3 is 0 Å². The van der Waals surface area contributed by atoms with Crippen molar-refractivity contribution in [1.29, 1.82) is 0 Å². The fourth-order valence-corrected chi connectivity index (χ4v) is 1.07. The molecule has 1 radical (unpaired) electrons. The van der Waals surface area contributed by atoms with Gasteiger partial charge in [0.15, 0.2) is 0 Å². The first kappa shape index (κ1) is 7.02. The first-order valence-corrected chi connectivity index (χ1v) is 3.95. The number of hydrogen-bond acceptors (Lipinski definition) is 3. The van der Waals surface area contributed by atoms with Crippen LogP contribution >= 0.6 is 0 Å². The Bertz CT molecular complexity index is 152. The van der Waals surface area contributed by atoms with Gasteiger partial charge in [0.2, 0.25) is 0 Å². The lowest BCUT2D eigenvalue weighted by Gasteiger charge is -2.01. The van der Waals surface area contributed by atoms with Crippen molar-refractivity contribution >= 4 is 11.0 Å². The molecule has 0 aromatic heterocycles. The minimum Gasteiger partial charge on any atom is -0.262 e. The second-order valence-electron chi connectivity index (χ2n) is 2.20. The largest absolute Gasteiger partial charge is 0.262 e. The standard InChI is InChI=1S/C5H9O3S/c1-4(5-2-3-5)8-9(6)7/h5,9H,2-3H2,1H3. The van der Waals surface area contributed by atoms with Gasteiger partial charge in [0.1, 0.15) is 6.10 Å². The zero-order valence-corrected chi connectivity index (χ0v) is 6.06. The zero-order valence-electron chi connectivity index (χ0n) is 5.16. The molecule has 0 spiro atoms. The molecule has 0 unspecified atom stereocenters. The highest BCUT2D eigenvalue weighted by molar-refractivity contribution is 7.67. The van der Waals surface area contributed by atoms with Crippen LogP contribution in [0.5, 0.6) is 0 Å². The Morgan fingerprint density at radius 1 is 1.56 bits per heavy atom. The Labute approximate surface area is 56.2 Å². The van der Waals surface area contributed by atoms with Gasteiger partial charge >= 0.3 is 0 Å². The average Bonchev–Trinajstić information content (AvgIpc) is 2.40. The molecule has 0 heterocycles. The van der Waals surface area contributed by atoms with Crippen LogP contribution in [0.1, 0.15) is 19.8 Å². The maximum Gasteiger partial charge on any atom is 0.257 e. The van der Waals surface area contributed by atoms with E-state index < -0.39 is 11.0 Å². The predicted molar refractivity (Wildman–Crippen MR) is 33.0 cm³/mol. The molecule has 0 aliphatic heterocycles. The monoisotopic (exact) mass is 149 g/mol. The van der Waals surface area contributed by atoms with Gasteiger partial charge in [0.25, 0.3) is 11.0 Å². The van der Waals surface area contributed by atoms with Crippen LogP contribution in [0.4, 0.5) is 0 Å². The van der Waals surface area contributed by atoms with E-state index in [4.69, 9.17) is 0 Å². The van der Waals surface area contributed by atoms with Crippen LogP contribution in [-0.4, -0.2) is 8.42 Å². The van der Waals surface area contributed by atoms with Gasteiger partial charge in [-0.3, -0.25) is 4.18 Å². The topological polar surface area (TPSA) is 43.4 Å². The maximum atomic E-state index is 9.94. The summed E-state index contributed by atoms with van der Waals surface area (Å²) in [6, 6.07) is 0. The van der Waals surface area contributed by atoms with Crippen LogP contribution in [0, 0.1) is 12.0 Å². The number of thiol groups is 1. The molecule has 0 amide bonds. The van der Waals surface area contributed by atoms with Gasteiger partial charge in [-0.15, -0.1) is 0 Å². The van der Waals surface area contributed by atoms with E-state index >= 15 is 0 Å². The molecule has 4 heteroatoms. The fraction of sp³-hybridized carbons (Fsp3) is 0.800. The molecular weight excluding hydrogens is 140 g/mol. The van der Waals surface area contributed by atoms with Crippen LogP contribution < -0.4 is 0 Å². The smallest absolute Gasteiger partial charge is 0.257 e. The third kappa shape index (κ3) is 2.32. The molecular formula is C5H9O3S. The Kier molecular flexibility index (Phi) is 2.08. The van der Waals surface area contributed by atoms with Gasteiger partial charge in [-0.1, -0.05) is 0 Å². The number of rotatable bonds is 3. The zero-order chi connectivity index (χ0) is 6.85. The lowest BCUT2D eigenvalue weighted by atomic mass is 10.3. The Balaban J connectivity index is 2.25. The minimum atomic E-state index is -2.67. The number of hydrogen-bond donors (Lipinski definition) is 1. The Morgan fingerprint density at radius 3 is 2.44 bits per heavy atom. The van der Waals surface area contributed by atoms with Crippen molar-refractivity contribution in [2.24, 2.45) is 5.92 Å². The normalized spacial score (nSPS) is 19.4. The van der Waals surface area contributed by atoms with Gasteiger partial charge in [-0.05, 0) is 25.7 Å². The van der Waals surface area contributed by atoms with E-state index in [1.165, 1.54) is 0 Å². The molecule has 0 atom stereocenters. The fourth-order valence-electron chi connectivity index (χ4n) is 0.682. The van der Waals surface area contributed by atoms with E-state index in [1.807, 2.05) is 0 Å². The van der Waals surface area contributed by atoms with E-state index in [2.05, 4.69) is 4.18 Å². The third-order valence-corrected chi connectivity index (χ3v) is 1.81. The molecule has 3 nitrogen and oxygen atoms in total. The lowest BCUT2D eigenvalue weighted by Crippen LogP contribution is -1.98. The molecule has 0 saturated heterocycles. The van der Waals surface area contributed by atoms with Crippen LogP contribution in [0.25, 0.3) is 0 Å². The van der Waals surface area contributed by atoms with E-state index in [1.54, 1.807) is 6.92 Å². The molecule has 1 saturated carbocycles. The molecule has 1 fully saturated rings. The second-order valence-corrected chi connectivity index (χ2v) is 2.83. The van der Waals surface area contributed by atoms with Crippen molar-refractivity contribution < 1.29 is 12.6 Å². The molecule has 53 valence electrons. The highest BCUT2D eigenvalue weighted by Gasteiger charge is 2.30. The first-order chi connectivity index (χ1) is 4.20. The SMILES string of the molecule is C[C](O[SH](=O)=O)C1CC1. The summed E-state index contributed by atoms with van der Waals surface area (Å²) >= 11 is 0. The highest BCUT2D eigenvalue weighted by Crippen LogP contribution is 2.38. The van der Waals surface area contributed by atoms with E-state index in [0.29, 0.717) is 12.0 Å².